The number of carbonyl (C=O) groups excluding carboxylic acids is 1. The van der Waals surface area contributed by atoms with E-state index in [9.17, 15) is 9.59 Å². The highest BCUT2D eigenvalue weighted by molar-refractivity contribution is 7.99. The lowest BCUT2D eigenvalue weighted by molar-refractivity contribution is -0.146. The SMILES string of the molecule is CN(CC(=O)O)C(=O)[C@@H]1CSc2ccccc2O1. The molecule has 0 bridgehead atoms. The number of carboxylic acids is 1. The molecule has 1 atom stereocenters. The Balaban J connectivity index is 2.04. The Morgan fingerprint density at radius 1 is 1.50 bits per heavy atom. The fourth-order valence-corrected chi connectivity index (χ4v) is 2.64. The number of para-hydroxylation sites is 1. The smallest absolute Gasteiger partial charge is 0.323 e. The minimum absolute atomic E-state index is 0.306. The molecule has 0 saturated heterocycles. The molecule has 1 heterocycles. The zero-order valence-electron chi connectivity index (χ0n) is 9.83. The molecule has 0 saturated carbocycles. The van der Waals surface area contributed by atoms with Gasteiger partial charge in [0.05, 0.1) is 0 Å². The van der Waals surface area contributed by atoms with E-state index in [-0.39, 0.29) is 12.5 Å². The molecule has 2 rings (SSSR count). The minimum atomic E-state index is -1.03. The summed E-state index contributed by atoms with van der Waals surface area (Å²) >= 11 is 1.54. The van der Waals surface area contributed by atoms with Crippen molar-refractivity contribution in [1.82, 2.24) is 4.90 Å². The molecular weight excluding hydrogens is 254 g/mol. The van der Waals surface area contributed by atoms with Gasteiger partial charge in [0.1, 0.15) is 12.3 Å². The van der Waals surface area contributed by atoms with Crippen molar-refractivity contribution in [3.05, 3.63) is 24.3 Å². The number of hydrogen-bond acceptors (Lipinski definition) is 4. The summed E-state index contributed by atoms with van der Waals surface area (Å²) in [7, 11) is 1.46. The van der Waals surface area contributed by atoms with Crippen LogP contribution in [0.5, 0.6) is 5.75 Å². The number of fused-ring (bicyclic) bond motifs is 1. The first-order valence-electron chi connectivity index (χ1n) is 5.43. The monoisotopic (exact) mass is 267 g/mol. The molecule has 1 amide bonds. The molecule has 0 unspecified atom stereocenters. The first-order valence-corrected chi connectivity index (χ1v) is 6.41. The van der Waals surface area contributed by atoms with Crippen LogP contribution in [0, 0.1) is 0 Å². The first kappa shape index (κ1) is 12.8. The number of carbonyl (C=O) groups is 2. The summed E-state index contributed by atoms with van der Waals surface area (Å²) in [6.45, 7) is -0.314. The van der Waals surface area contributed by atoms with Crippen molar-refractivity contribution in [2.75, 3.05) is 19.3 Å². The van der Waals surface area contributed by atoms with Gasteiger partial charge in [-0.2, -0.15) is 0 Å². The second-order valence-corrected chi connectivity index (χ2v) is 5.01. The Labute approximate surface area is 109 Å². The Morgan fingerprint density at radius 2 is 2.22 bits per heavy atom. The molecule has 0 spiro atoms. The quantitative estimate of drug-likeness (QED) is 0.887. The molecule has 1 N–H and O–H groups in total. The van der Waals surface area contributed by atoms with Gasteiger partial charge in [0.25, 0.3) is 5.91 Å². The predicted octanol–water partition coefficient (Wildman–Crippen LogP) is 1.08. The topological polar surface area (TPSA) is 66.8 Å². The van der Waals surface area contributed by atoms with E-state index in [1.165, 1.54) is 11.9 Å². The third kappa shape index (κ3) is 2.76. The van der Waals surface area contributed by atoms with Gasteiger partial charge in [0.2, 0.25) is 0 Å². The molecule has 18 heavy (non-hydrogen) atoms. The van der Waals surface area contributed by atoms with Gasteiger partial charge in [-0.1, -0.05) is 12.1 Å². The lowest BCUT2D eigenvalue weighted by atomic mass is 10.3. The zero-order valence-corrected chi connectivity index (χ0v) is 10.6. The lowest BCUT2D eigenvalue weighted by Crippen LogP contribution is -2.44. The predicted molar refractivity (Wildman–Crippen MR) is 66.9 cm³/mol. The van der Waals surface area contributed by atoms with Crippen LogP contribution in [-0.2, 0) is 9.59 Å². The van der Waals surface area contributed by atoms with Crippen LogP contribution >= 0.6 is 11.8 Å². The molecular formula is C12H13NO4S. The van der Waals surface area contributed by atoms with Crippen molar-refractivity contribution in [2.24, 2.45) is 0 Å². The zero-order chi connectivity index (χ0) is 13.1. The molecule has 0 aromatic heterocycles. The van der Waals surface area contributed by atoms with Gasteiger partial charge in [-0.3, -0.25) is 9.59 Å². The van der Waals surface area contributed by atoms with Crippen LogP contribution in [0.15, 0.2) is 29.2 Å². The van der Waals surface area contributed by atoms with E-state index >= 15 is 0 Å². The Morgan fingerprint density at radius 3 is 2.94 bits per heavy atom. The van der Waals surface area contributed by atoms with Crippen molar-refractivity contribution >= 4 is 23.6 Å². The number of thioether (sulfide) groups is 1. The molecule has 0 radical (unpaired) electrons. The summed E-state index contributed by atoms with van der Waals surface area (Å²) in [5.41, 5.74) is 0. The van der Waals surface area contributed by atoms with Crippen LogP contribution in [-0.4, -0.2) is 47.3 Å². The molecule has 1 aromatic carbocycles. The molecule has 1 aromatic rings. The van der Waals surface area contributed by atoms with Gasteiger partial charge >= 0.3 is 5.97 Å². The third-order valence-corrected chi connectivity index (χ3v) is 3.65. The number of hydrogen-bond donors (Lipinski definition) is 1. The molecule has 96 valence electrons. The first-order chi connectivity index (χ1) is 8.58. The van der Waals surface area contributed by atoms with Crippen molar-refractivity contribution in [3.63, 3.8) is 0 Å². The van der Waals surface area contributed by atoms with E-state index < -0.39 is 12.1 Å². The van der Waals surface area contributed by atoms with E-state index in [4.69, 9.17) is 9.84 Å². The van der Waals surface area contributed by atoms with Crippen LogP contribution in [0.3, 0.4) is 0 Å². The molecule has 1 aliphatic heterocycles. The number of nitrogens with zero attached hydrogens (tertiary/aromatic N) is 1. The Hall–Kier alpha value is -1.69. The summed E-state index contributed by atoms with van der Waals surface area (Å²) < 4.78 is 5.59. The van der Waals surface area contributed by atoms with E-state index in [1.807, 2.05) is 18.2 Å². The maximum Gasteiger partial charge on any atom is 0.323 e. The average Bonchev–Trinajstić information content (AvgIpc) is 2.36. The van der Waals surface area contributed by atoms with E-state index in [0.717, 1.165) is 4.90 Å². The molecule has 1 aliphatic rings. The minimum Gasteiger partial charge on any atom is -0.480 e. The highest BCUT2D eigenvalue weighted by Crippen LogP contribution is 2.35. The largest absolute Gasteiger partial charge is 0.480 e. The van der Waals surface area contributed by atoms with Crippen LogP contribution < -0.4 is 4.74 Å². The van der Waals surface area contributed by atoms with Crippen molar-refractivity contribution in [2.45, 2.75) is 11.0 Å². The summed E-state index contributed by atoms with van der Waals surface area (Å²) in [6, 6.07) is 7.49. The second kappa shape index (κ2) is 5.30. The van der Waals surface area contributed by atoms with Crippen molar-refractivity contribution < 1.29 is 19.4 Å². The number of rotatable bonds is 3. The Bertz CT molecular complexity index is 477. The van der Waals surface area contributed by atoms with Gasteiger partial charge in [0.15, 0.2) is 6.10 Å². The van der Waals surface area contributed by atoms with Crippen LogP contribution in [0.25, 0.3) is 0 Å². The highest BCUT2D eigenvalue weighted by atomic mass is 32.2. The normalized spacial score (nSPS) is 17.5. The highest BCUT2D eigenvalue weighted by Gasteiger charge is 2.29. The van der Waals surface area contributed by atoms with Gasteiger partial charge in [-0.15, -0.1) is 11.8 Å². The summed E-state index contributed by atoms with van der Waals surface area (Å²) in [5.74, 6) is -0.162. The number of likely N-dealkylation sites (N-methyl/N-ethyl adjacent to an activating group) is 1. The van der Waals surface area contributed by atoms with Gasteiger partial charge in [-0.25, -0.2) is 0 Å². The average molecular weight is 267 g/mol. The number of benzene rings is 1. The van der Waals surface area contributed by atoms with Gasteiger partial charge < -0.3 is 14.7 Å². The van der Waals surface area contributed by atoms with Gasteiger partial charge in [0, 0.05) is 17.7 Å². The van der Waals surface area contributed by atoms with Crippen LogP contribution in [0.4, 0.5) is 0 Å². The fourth-order valence-electron chi connectivity index (χ4n) is 1.67. The maximum atomic E-state index is 12.0. The maximum absolute atomic E-state index is 12.0. The summed E-state index contributed by atoms with van der Waals surface area (Å²) in [6.07, 6.45) is -0.616. The molecule has 0 fully saturated rings. The summed E-state index contributed by atoms with van der Waals surface area (Å²) in [5, 5.41) is 8.65. The number of aliphatic carboxylic acids is 1. The fraction of sp³-hybridized carbons (Fsp3) is 0.333. The standard InChI is InChI=1S/C12H13NO4S/c1-13(6-11(14)15)12(16)9-7-18-10-5-3-2-4-8(10)17-9/h2-5,9H,6-7H2,1H3,(H,14,15)/t9-/m0/s1. The number of carboxylic acid groups (broad SMARTS) is 1. The second-order valence-electron chi connectivity index (χ2n) is 3.95. The molecule has 0 aliphatic carbocycles. The Kier molecular flexibility index (Phi) is 3.76. The van der Waals surface area contributed by atoms with E-state index in [2.05, 4.69) is 0 Å². The number of amides is 1. The summed E-state index contributed by atoms with van der Waals surface area (Å²) in [4.78, 5) is 24.7. The molecule has 6 heteroatoms. The number of ether oxygens (including phenoxy) is 1. The van der Waals surface area contributed by atoms with Crippen molar-refractivity contribution in [1.29, 1.82) is 0 Å². The van der Waals surface area contributed by atoms with Gasteiger partial charge in [-0.05, 0) is 12.1 Å². The molecule has 5 nitrogen and oxygen atoms in total. The third-order valence-electron chi connectivity index (χ3n) is 2.53. The van der Waals surface area contributed by atoms with E-state index in [1.54, 1.807) is 17.8 Å². The van der Waals surface area contributed by atoms with Crippen LogP contribution in [0.1, 0.15) is 0 Å². The lowest BCUT2D eigenvalue weighted by Gasteiger charge is -2.27. The van der Waals surface area contributed by atoms with E-state index in [0.29, 0.717) is 11.5 Å². The van der Waals surface area contributed by atoms with Crippen molar-refractivity contribution in [3.8, 4) is 5.75 Å². The van der Waals surface area contributed by atoms with Crippen LogP contribution in [0.2, 0.25) is 0 Å².